The molecule has 4 aliphatic rings. The highest BCUT2D eigenvalue weighted by Crippen LogP contribution is 2.60. The summed E-state index contributed by atoms with van der Waals surface area (Å²) in [5.41, 5.74) is 4.47. The number of hydrogen-bond donors (Lipinski definition) is 1. The number of rotatable bonds is 3. The van der Waals surface area contributed by atoms with Crippen LogP contribution in [0.5, 0.6) is 0 Å². The first-order chi connectivity index (χ1) is 14.7. The minimum atomic E-state index is 0.489. The van der Waals surface area contributed by atoms with Gasteiger partial charge in [-0.2, -0.15) is 0 Å². The fourth-order valence-corrected chi connectivity index (χ4v) is 8.49. The third-order valence-electron chi connectivity index (χ3n) is 8.20. The Bertz CT molecular complexity index is 1210. The lowest BCUT2D eigenvalue weighted by molar-refractivity contribution is -0.00518. The summed E-state index contributed by atoms with van der Waals surface area (Å²) in [5, 5.41) is 6.37. The number of fused-ring (bicyclic) bond motifs is 3. The van der Waals surface area contributed by atoms with Gasteiger partial charge in [0.25, 0.3) is 0 Å². The van der Waals surface area contributed by atoms with Crippen molar-refractivity contribution in [3.63, 3.8) is 0 Å². The Labute approximate surface area is 182 Å². The van der Waals surface area contributed by atoms with Gasteiger partial charge in [0.15, 0.2) is 0 Å². The SMILES string of the molecule is c1ccc2c(c1)sc1cc(Nc3ccc(C45CC6CC(CC(C6)C4)C5)cc3)ccc12. The fourth-order valence-electron chi connectivity index (χ4n) is 7.34. The van der Waals surface area contributed by atoms with E-state index in [9.17, 15) is 0 Å². The van der Waals surface area contributed by atoms with Crippen LogP contribution in [0.2, 0.25) is 0 Å². The molecule has 1 N–H and O–H groups in total. The van der Waals surface area contributed by atoms with Crippen LogP contribution in [0.25, 0.3) is 20.2 Å². The van der Waals surface area contributed by atoms with Crippen molar-refractivity contribution in [2.75, 3.05) is 5.32 Å². The van der Waals surface area contributed by atoms with Gasteiger partial charge in [0.05, 0.1) is 0 Å². The van der Waals surface area contributed by atoms with E-state index in [-0.39, 0.29) is 0 Å². The molecule has 4 aliphatic carbocycles. The standard InChI is InChI=1S/C28H27NS/c1-2-4-26-24(3-1)25-10-9-23(14-27(25)30-26)29-22-7-5-21(6-8-22)28-15-18-11-19(16-28)13-20(12-18)17-28/h1-10,14,18-20,29H,11-13,15-17H2. The summed E-state index contributed by atoms with van der Waals surface area (Å²) in [6.45, 7) is 0. The van der Waals surface area contributed by atoms with Gasteiger partial charge in [-0.3, -0.25) is 0 Å². The van der Waals surface area contributed by atoms with Crippen molar-refractivity contribution in [2.24, 2.45) is 17.8 Å². The van der Waals surface area contributed by atoms with E-state index in [2.05, 4.69) is 72.0 Å². The minimum Gasteiger partial charge on any atom is -0.355 e. The number of hydrogen-bond acceptors (Lipinski definition) is 2. The zero-order valence-corrected chi connectivity index (χ0v) is 18.1. The molecule has 0 amide bonds. The smallest absolute Gasteiger partial charge is 0.0398 e. The molecule has 4 saturated carbocycles. The van der Waals surface area contributed by atoms with Gasteiger partial charge in [-0.25, -0.2) is 0 Å². The first-order valence-electron chi connectivity index (χ1n) is 11.5. The van der Waals surface area contributed by atoms with Crippen molar-refractivity contribution in [2.45, 2.75) is 43.9 Å². The molecule has 150 valence electrons. The largest absolute Gasteiger partial charge is 0.355 e. The van der Waals surface area contributed by atoms with Crippen molar-refractivity contribution in [1.29, 1.82) is 0 Å². The van der Waals surface area contributed by atoms with Crippen LogP contribution in [0, 0.1) is 17.8 Å². The molecule has 4 bridgehead atoms. The van der Waals surface area contributed by atoms with E-state index in [4.69, 9.17) is 0 Å². The Kier molecular flexibility index (Phi) is 3.67. The van der Waals surface area contributed by atoms with Gasteiger partial charge in [0.1, 0.15) is 0 Å². The first-order valence-corrected chi connectivity index (χ1v) is 12.3. The zero-order valence-electron chi connectivity index (χ0n) is 17.2. The van der Waals surface area contributed by atoms with E-state index in [1.165, 1.54) is 70.1 Å². The molecule has 30 heavy (non-hydrogen) atoms. The maximum Gasteiger partial charge on any atom is 0.0398 e. The normalized spacial score (nSPS) is 29.7. The van der Waals surface area contributed by atoms with Crippen LogP contribution in [0.1, 0.15) is 44.1 Å². The van der Waals surface area contributed by atoms with Crippen molar-refractivity contribution >= 4 is 42.9 Å². The Morgan fingerprint density at radius 1 is 0.667 bits per heavy atom. The predicted octanol–water partition coefficient (Wildman–Crippen LogP) is 8.27. The zero-order chi connectivity index (χ0) is 19.7. The molecule has 0 atom stereocenters. The second-order valence-corrected chi connectivity index (χ2v) is 11.3. The average Bonchev–Trinajstić information content (AvgIpc) is 3.11. The van der Waals surface area contributed by atoms with E-state index < -0.39 is 0 Å². The lowest BCUT2D eigenvalue weighted by atomic mass is 9.48. The van der Waals surface area contributed by atoms with Gasteiger partial charge in [0.2, 0.25) is 0 Å². The maximum absolute atomic E-state index is 3.65. The summed E-state index contributed by atoms with van der Waals surface area (Å²) in [7, 11) is 0. The second-order valence-electron chi connectivity index (χ2n) is 10.2. The predicted molar refractivity (Wildman–Crippen MR) is 129 cm³/mol. The van der Waals surface area contributed by atoms with Gasteiger partial charge >= 0.3 is 0 Å². The first kappa shape index (κ1) is 17.4. The van der Waals surface area contributed by atoms with E-state index >= 15 is 0 Å². The van der Waals surface area contributed by atoms with Crippen LogP contribution in [-0.2, 0) is 5.41 Å². The Morgan fingerprint density at radius 2 is 1.30 bits per heavy atom. The molecular formula is C28H27NS. The van der Waals surface area contributed by atoms with Crippen LogP contribution < -0.4 is 5.32 Å². The van der Waals surface area contributed by atoms with Crippen LogP contribution in [-0.4, -0.2) is 0 Å². The number of benzene rings is 3. The summed E-state index contributed by atoms with van der Waals surface area (Å²) in [6, 6.07) is 24.9. The fraction of sp³-hybridized carbons (Fsp3) is 0.357. The lowest BCUT2D eigenvalue weighted by Crippen LogP contribution is -2.48. The van der Waals surface area contributed by atoms with E-state index in [0.717, 1.165) is 17.8 Å². The molecule has 1 aromatic heterocycles. The minimum absolute atomic E-state index is 0.489. The molecule has 0 aliphatic heterocycles. The summed E-state index contributed by atoms with van der Waals surface area (Å²) < 4.78 is 2.72. The molecule has 4 aromatic rings. The molecule has 0 spiro atoms. The highest BCUT2D eigenvalue weighted by Gasteiger charge is 2.51. The van der Waals surface area contributed by atoms with Crippen LogP contribution in [0.15, 0.2) is 66.7 Å². The molecule has 2 heteroatoms. The molecule has 3 aromatic carbocycles. The lowest BCUT2D eigenvalue weighted by Gasteiger charge is -2.57. The number of anilines is 2. The summed E-state index contributed by atoms with van der Waals surface area (Å²) in [4.78, 5) is 0. The highest BCUT2D eigenvalue weighted by molar-refractivity contribution is 7.25. The number of thiophene rings is 1. The summed E-state index contributed by atoms with van der Waals surface area (Å²) in [5.74, 6) is 3.01. The molecule has 0 radical (unpaired) electrons. The molecule has 1 nitrogen and oxygen atoms in total. The molecule has 0 saturated heterocycles. The van der Waals surface area contributed by atoms with Crippen molar-refractivity contribution in [1.82, 2.24) is 0 Å². The van der Waals surface area contributed by atoms with Gasteiger partial charge < -0.3 is 5.32 Å². The third kappa shape index (κ3) is 2.66. The van der Waals surface area contributed by atoms with Gasteiger partial charge in [-0.05, 0) is 97.6 Å². The topological polar surface area (TPSA) is 12.0 Å². The monoisotopic (exact) mass is 409 g/mol. The van der Waals surface area contributed by atoms with Crippen LogP contribution in [0.3, 0.4) is 0 Å². The van der Waals surface area contributed by atoms with E-state index in [1.807, 2.05) is 11.3 Å². The quantitative estimate of drug-likeness (QED) is 0.359. The molecular weight excluding hydrogens is 382 g/mol. The van der Waals surface area contributed by atoms with E-state index in [0.29, 0.717) is 5.41 Å². The van der Waals surface area contributed by atoms with Crippen LogP contribution >= 0.6 is 11.3 Å². The second kappa shape index (κ2) is 6.34. The molecule has 4 fully saturated rings. The Morgan fingerprint density at radius 3 is 2.03 bits per heavy atom. The van der Waals surface area contributed by atoms with Gasteiger partial charge in [-0.15, -0.1) is 11.3 Å². The average molecular weight is 410 g/mol. The van der Waals surface area contributed by atoms with Crippen molar-refractivity contribution in [3.05, 3.63) is 72.3 Å². The maximum atomic E-state index is 3.65. The Hall–Kier alpha value is -2.32. The van der Waals surface area contributed by atoms with Crippen LogP contribution in [0.4, 0.5) is 11.4 Å². The number of nitrogens with one attached hydrogen (secondary N) is 1. The van der Waals surface area contributed by atoms with Crippen molar-refractivity contribution in [3.8, 4) is 0 Å². The van der Waals surface area contributed by atoms with Gasteiger partial charge in [-0.1, -0.05) is 36.4 Å². The van der Waals surface area contributed by atoms with E-state index in [1.54, 1.807) is 5.56 Å². The summed E-state index contributed by atoms with van der Waals surface area (Å²) >= 11 is 1.88. The summed E-state index contributed by atoms with van der Waals surface area (Å²) in [6.07, 6.45) is 8.86. The van der Waals surface area contributed by atoms with Crippen molar-refractivity contribution < 1.29 is 0 Å². The Balaban J connectivity index is 1.16. The third-order valence-corrected chi connectivity index (χ3v) is 9.34. The molecule has 0 unspecified atom stereocenters. The molecule has 8 rings (SSSR count). The highest BCUT2D eigenvalue weighted by atomic mass is 32.1. The molecule has 1 heterocycles. The van der Waals surface area contributed by atoms with Gasteiger partial charge in [0, 0.05) is 31.5 Å².